The van der Waals surface area contributed by atoms with E-state index < -0.39 is 16.6 Å². The summed E-state index contributed by atoms with van der Waals surface area (Å²) in [4.78, 5) is 34.4. The number of nitrogens with zero attached hydrogens (tertiary/aromatic N) is 5. The summed E-state index contributed by atoms with van der Waals surface area (Å²) in [6.07, 6.45) is -0.398. The van der Waals surface area contributed by atoms with Gasteiger partial charge in [-0.2, -0.15) is 4.98 Å². The van der Waals surface area contributed by atoms with Gasteiger partial charge in [0.15, 0.2) is 0 Å². The number of nitro groups is 1. The van der Waals surface area contributed by atoms with Gasteiger partial charge in [0.2, 0.25) is 11.1 Å². The minimum atomic E-state index is -0.576. The largest absolute Gasteiger partial charge is 0.444 e. The Morgan fingerprint density at radius 1 is 1.36 bits per heavy atom. The summed E-state index contributed by atoms with van der Waals surface area (Å²) in [5.74, 6) is 0.179. The second-order valence-electron chi connectivity index (χ2n) is 6.98. The Hall–Kier alpha value is -2.16. The van der Waals surface area contributed by atoms with E-state index in [9.17, 15) is 14.9 Å². The fourth-order valence-corrected chi connectivity index (χ4v) is 2.90. The van der Waals surface area contributed by atoms with Gasteiger partial charge >= 0.3 is 11.8 Å². The van der Waals surface area contributed by atoms with Gasteiger partial charge in [-0.3, -0.25) is 10.1 Å². The number of piperazine rings is 1. The zero-order chi connectivity index (χ0) is 18.9. The summed E-state index contributed by atoms with van der Waals surface area (Å²) in [6, 6.07) is -0.190. The molecule has 0 spiro atoms. The first-order valence-electron chi connectivity index (χ1n) is 7.92. The van der Waals surface area contributed by atoms with Crippen LogP contribution in [0.3, 0.4) is 0 Å². The number of halogens is 1. The minimum Gasteiger partial charge on any atom is -0.444 e. The van der Waals surface area contributed by atoms with E-state index in [0.29, 0.717) is 19.6 Å². The van der Waals surface area contributed by atoms with Crippen LogP contribution in [0.4, 0.5) is 16.3 Å². The highest BCUT2D eigenvalue weighted by atomic mass is 35.5. The maximum atomic E-state index is 12.2. The molecule has 10 heteroatoms. The maximum absolute atomic E-state index is 12.2. The normalized spacial score (nSPS) is 18.2. The van der Waals surface area contributed by atoms with Crippen molar-refractivity contribution in [1.29, 1.82) is 0 Å². The van der Waals surface area contributed by atoms with Crippen LogP contribution in [-0.4, -0.2) is 57.2 Å². The summed E-state index contributed by atoms with van der Waals surface area (Å²) in [5.41, 5.74) is -0.531. The van der Waals surface area contributed by atoms with Gasteiger partial charge < -0.3 is 14.5 Å². The van der Waals surface area contributed by atoms with Gasteiger partial charge in [0.05, 0.1) is 4.92 Å². The Morgan fingerprint density at radius 2 is 2.00 bits per heavy atom. The average molecular weight is 372 g/mol. The fraction of sp³-hybridized carbons (Fsp3) is 0.667. The summed E-state index contributed by atoms with van der Waals surface area (Å²) in [5, 5.41) is 11.4. The molecule has 2 heterocycles. The molecular weight excluding hydrogens is 350 g/mol. The molecule has 0 aromatic carbocycles. The molecule has 0 bridgehead atoms. The Labute approximate surface area is 151 Å². The molecule has 1 aromatic heterocycles. The van der Waals surface area contributed by atoms with E-state index in [2.05, 4.69) is 9.97 Å². The highest BCUT2D eigenvalue weighted by Crippen LogP contribution is 2.32. The summed E-state index contributed by atoms with van der Waals surface area (Å²) >= 11 is 5.89. The summed E-state index contributed by atoms with van der Waals surface area (Å²) < 4.78 is 5.38. The monoisotopic (exact) mass is 371 g/mol. The van der Waals surface area contributed by atoms with Crippen LogP contribution < -0.4 is 4.90 Å². The van der Waals surface area contributed by atoms with Crippen molar-refractivity contribution in [1.82, 2.24) is 14.9 Å². The van der Waals surface area contributed by atoms with Crippen molar-refractivity contribution >= 4 is 29.2 Å². The number of amides is 1. The third-order valence-corrected chi connectivity index (χ3v) is 3.92. The number of ether oxygens (including phenoxy) is 1. The molecule has 1 saturated heterocycles. The molecule has 138 valence electrons. The molecule has 1 aliphatic rings. The van der Waals surface area contributed by atoms with E-state index in [4.69, 9.17) is 16.3 Å². The van der Waals surface area contributed by atoms with E-state index in [0.717, 1.165) is 0 Å². The van der Waals surface area contributed by atoms with Crippen LogP contribution in [0.25, 0.3) is 0 Å². The second-order valence-corrected chi connectivity index (χ2v) is 7.31. The van der Waals surface area contributed by atoms with Gasteiger partial charge in [0.1, 0.15) is 11.3 Å². The lowest BCUT2D eigenvalue weighted by molar-refractivity contribution is -0.385. The van der Waals surface area contributed by atoms with Crippen LogP contribution in [0.5, 0.6) is 0 Å². The first kappa shape index (κ1) is 19.2. The maximum Gasteiger partial charge on any atom is 0.410 e. The van der Waals surface area contributed by atoms with Crippen molar-refractivity contribution in [2.75, 3.05) is 24.5 Å². The van der Waals surface area contributed by atoms with Gasteiger partial charge in [0, 0.05) is 25.7 Å². The lowest BCUT2D eigenvalue weighted by Crippen LogP contribution is -2.55. The molecule has 0 N–H and O–H groups in total. The highest BCUT2D eigenvalue weighted by molar-refractivity contribution is 6.28. The van der Waals surface area contributed by atoms with Crippen molar-refractivity contribution in [2.24, 2.45) is 0 Å². The van der Waals surface area contributed by atoms with E-state index in [1.165, 1.54) is 6.92 Å². The van der Waals surface area contributed by atoms with Crippen LogP contribution in [0.1, 0.15) is 33.4 Å². The molecule has 1 unspecified atom stereocenters. The van der Waals surface area contributed by atoms with Crippen LogP contribution in [0, 0.1) is 17.0 Å². The number of hydrogen-bond acceptors (Lipinski definition) is 7. The smallest absolute Gasteiger partial charge is 0.410 e. The zero-order valence-electron chi connectivity index (χ0n) is 14.9. The van der Waals surface area contributed by atoms with Crippen LogP contribution in [0.15, 0.2) is 0 Å². The molecule has 1 fully saturated rings. The molecular formula is C15H22ClN5O4. The van der Waals surface area contributed by atoms with Gasteiger partial charge in [-0.25, -0.2) is 9.78 Å². The summed E-state index contributed by atoms with van der Waals surface area (Å²) in [6.45, 7) is 9.93. The molecule has 0 aliphatic carbocycles. The predicted molar refractivity (Wildman–Crippen MR) is 93.0 cm³/mol. The standard InChI is InChI=1S/C15H22ClN5O4/c1-9-8-19(14(22)25-15(3,4)5)6-7-20(9)12-11(21(23)24)10(2)17-13(16)18-12/h9H,6-8H2,1-5H3. The number of hydrogen-bond donors (Lipinski definition) is 0. The van der Waals surface area contributed by atoms with Crippen LogP contribution >= 0.6 is 11.6 Å². The average Bonchev–Trinajstić information content (AvgIpc) is 2.43. The summed E-state index contributed by atoms with van der Waals surface area (Å²) in [7, 11) is 0. The first-order chi connectivity index (χ1) is 11.5. The van der Waals surface area contributed by atoms with E-state index in [1.54, 1.807) is 30.6 Å². The molecule has 25 heavy (non-hydrogen) atoms. The SMILES string of the molecule is Cc1nc(Cl)nc(N2CCN(C(=O)OC(C)(C)C)CC2C)c1[N+](=O)[O-]. The zero-order valence-corrected chi connectivity index (χ0v) is 15.7. The Bertz CT molecular complexity index is 691. The number of aryl methyl sites for hydroxylation is 1. The van der Waals surface area contributed by atoms with Gasteiger partial charge in [-0.1, -0.05) is 0 Å². The number of carbonyl (C=O) groups is 1. The molecule has 0 saturated carbocycles. The van der Waals surface area contributed by atoms with Crippen molar-refractivity contribution < 1.29 is 14.5 Å². The van der Waals surface area contributed by atoms with Crippen molar-refractivity contribution in [3.63, 3.8) is 0 Å². The first-order valence-corrected chi connectivity index (χ1v) is 8.30. The number of rotatable bonds is 2. The van der Waals surface area contributed by atoms with Crippen molar-refractivity contribution in [3.05, 3.63) is 21.1 Å². The number of carbonyl (C=O) groups excluding carboxylic acids is 1. The van der Waals surface area contributed by atoms with Crippen molar-refractivity contribution in [3.8, 4) is 0 Å². The molecule has 1 atom stereocenters. The molecule has 1 amide bonds. The van der Waals surface area contributed by atoms with E-state index in [-0.39, 0.29) is 28.5 Å². The molecule has 2 rings (SSSR count). The van der Waals surface area contributed by atoms with Gasteiger partial charge in [-0.15, -0.1) is 0 Å². The fourth-order valence-electron chi connectivity index (χ4n) is 2.70. The minimum absolute atomic E-state index is 0.0418. The topological polar surface area (TPSA) is 102 Å². The van der Waals surface area contributed by atoms with Gasteiger partial charge in [0.25, 0.3) is 0 Å². The quantitative estimate of drug-likeness (QED) is 0.447. The Balaban J connectivity index is 2.23. The van der Waals surface area contributed by atoms with Crippen LogP contribution in [-0.2, 0) is 4.74 Å². The van der Waals surface area contributed by atoms with Gasteiger partial charge in [-0.05, 0) is 46.2 Å². The number of aromatic nitrogens is 2. The Morgan fingerprint density at radius 3 is 2.52 bits per heavy atom. The van der Waals surface area contributed by atoms with E-state index in [1.807, 2.05) is 6.92 Å². The van der Waals surface area contributed by atoms with Crippen molar-refractivity contribution in [2.45, 2.75) is 46.3 Å². The predicted octanol–water partition coefficient (Wildman–Crippen LogP) is 2.79. The molecule has 1 aromatic rings. The third kappa shape index (κ3) is 4.47. The molecule has 1 aliphatic heterocycles. The molecule has 0 radical (unpaired) electrons. The second kappa shape index (κ2) is 6.99. The lowest BCUT2D eigenvalue weighted by Gasteiger charge is -2.40. The molecule has 9 nitrogen and oxygen atoms in total. The highest BCUT2D eigenvalue weighted by Gasteiger charge is 2.34. The Kier molecular flexibility index (Phi) is 5.36. The lowest BCUT2D eigenvalue weighted by atomic mass is 10.1. The third-order valence-electron chi connectivity index (χ3n) is 3.75. The number of anilines is 1. The van der Waals surface area contributed by atoms with E-state index >= 15 is 0 Å². The van der Waals surface area contributed by atoms with Crippen LogP contribution in [0.2, 0.25) is 5.28 Å².